The summed E-state index contributed by atoms with van der Waals surface area (Å²) in [6.45, 7) is 0. The molecular formula is C16H19K3O7PS. The molecule has 0 aliphatic rings. The molecule has 2 aromatic rings. The maximum absolute atomic E-state index is 11.2. The van der Waals surface area contributed by atoms with Gasteiger partial charge in [-0.1, -0.05) is 30.3 Å². The van der Waals surface area contributed by atoms with Crippen molar-refractivity contribution in [3.63, 3.8) is 0 Å². The molecule has 0 saturated carbocycles. The number of rotatable bonds is 8. The smallest absolute Gasteiger partial charge is 0.346 e. The van der Waals surface area contributed by atoms with E-state index in [0.717, 1.165) is 5.56 Å². The number of ether oxygens (including phenoxy) is 1. The van der Waals surface area contributed by atoms with Gasteiger partial charge in [-0.25, -0.2) is 0 Å². The summed E-state index contributed by atoms with van der Waals surface area (Å²) in [5.41, 5.74) is 0.827. The first-order valence-corrected chi connectivity index (χ1v) is 10.7. The van der Waals surface area contributed by atoms with E-state index in [0.29, 0.717) is 17.9 Å². The van der Waals surface area contributed by atoms with Gasteiger partial charge in [-0.05, 0) is 49.1 Å². The van der Waals surface area contributed by atoms with Crippen LogP contribution in [0.25, 0.3) is 0 Å². The summed E-state index contributed by atoms with van der Waals surface area (Å²) in [5.74, 6) is 1.28. The van der Waals surface area contributed by atoms with Crippen LogP contribution in [0.5, 0.6) is 11.5 Å². The number of aryl methyl sites for hydroxylation is 1. The van der Waals surface area contributed by atoms with Gasteiger partial charge in [-0.2, -0.15) is 8.42 Å². The fourth-order valence-electron chi connectivity index (χ4n) is 2.36. The Morgan fingerprint density at radius 1 is 0.929 bits per heavy atom. The molecule has 0 aromatic heterocycles. The zero-order valence-electron chi connectivity index (χ0n) is 16.2. The van der Waals surface area contributed by atoms with Crippen LogP contribution >= 0.6 is 7.60 Å². The van der Waals surface area contributed by atoms with Gasteiger partial charge in [-0.3, -0.25) is 9.12 Å². The van der Waals surface area contributed by atoms with Crippen molar-refractivity contribution in [3.8, 4) is 11.5 Å². The molecule has 2 rings (SSSR count). The van der Waals surface area contributed by atoms with Crippen LogP contribution in [0.2, 0.25) is 0 Å². The molecule has 0 amide bonds. The molecular weight excluding hydrogens is 485 g/mol. The third-order valence-corrected chi connectivity index (χ3v) is 7.07. The molecule has 12 heteroatoms. The normalized spacial score (nSPS) is 12.0. The van der Waals surface area contributed by atoms with E-state index in [2.05, 4.69) is 0 Å². The van der Waals surface area contributed by atoms with Gasteiger partial charge in [0.25, 0.3) is 10.1 Å². The molecule has 0 aliphatic heterocycles. The summed E-state index contributed by atoms with van der Waals surface area (Å²) < 4.78 is 48.1. The average Bonchev–Trinajstić information content (AvgIpc) is 2.50. The maximum atomic E-state index is 11.2. The second kappa shape index (κ2) is 15.9. The first-order valence-electron chi connectivity index (χ1n) is 7.49. The number of benzene rings is 2. The van der Waals surface area contributed by atoms with Crippen LogP contribution in [0, 0.1) is 0 Å². The zero-order valence-corrected chi connectivity index (χ0v) is 27.3. The SMILES string of the molecule is O=P(O)(O)[C@@H](CCCc1cccc(Oc2ccccc2)c1)S(=O)(=O)O.[K].[K].[K]. The van der Waals surface area contributed by atoms with E-state index in [9.17, 15) is 13.0 Å². The van der Waals surface area contributed by atoms with Crippen molar-refractivity contribution in [2.75, 3.05) is 0 Å². The van der Waals surface area contributed by atoms with Gasteiger partial charge in [-0.15, -0.1) is 0 Å². The fraction of sp³-hybridized carbons (Fsp3) is 0.250. The minimum absolute atomic E-state index is 0. The topological polar surface area (TPSA) is 121 Å². The molecule has 139 valence electrons. The van der Waals surface area contributed by atoms with Gasteiger partial charge in [0.15, 0.2) is 4.99 Å². The fourth-order valence-corrected chi connectivity index (χ4v) is 4.73. The Morgan fingerprint density at radius 2 is 1.50 bits per heavy atom. The monoisotopic (exact) mass is 503 g/mol. The van der Waals surface area contributed by atoms with Gasteiger partial charge in [0.2, 0.25) is 0 Å². The number of hydrogen-bond acceptors (Lipinski definition) is 4. The molecule has 2 aromatic carbocycles. The Hall–Kier alpha value is 3.21. The van der Waals surface area contributed by atoms with Crippen molar-refractivity contribution in [2.45, 2.75) is 24.3 Å². The third-order valence-electron chi connectivity index (χ3n) is 3.51. The van der Waals surface area contributed by atoms with Crippen LogP contribution in [-0.4, -0.2) is 182 Å². The van der Waals surface area contributed by atoms with Crippen molar-refractivity contribution < 1.29 is 32.1 Å². The van der Waals surface area contributed by atoms with Gasteiger partial charge in [0.05, 0.1) is 0 Å². The minimum Gasteiger partial charge on any atom is -0.457 e. The molecule has 3 N–H and O–H groups in total. The Morgan fingerprint density at radius 3 is 2.04 bits per heavy atom. The van der Waals surface area contributed by atoms with Gasteiger partial charge in [0.1, 0.15) is 11.5 Å². The molecule has 0 saturated heterocycles. The van der Waals surface area contributed by atoms with E-state index in [1.165, 1.54) is 0 Å². The summed E-state index contributed by atoms with van der Waals surface area (Å²) in [7, 11) is -9.75. The second-order valence-electron chi connectivity index (χ2n) is 5.51. The van der Waals surface area contributed by atoms with Crippen LogP contribution in [0.3, 0.4) is 0 Å². The standard InChI is InChI=1S/C16H19O7PS.3K/c17-24(18,19)16(25(20,21)22)11-5-7-13-6-4-10-15(12-13)23-14-8-2-1-3-9-14;;;/h1-4,6,8-10,12,16H,5,7,11H2,(H2,17,18,19)(H,20,21,22);;;/t16-;;;/m1.../s1. The second-order valence-corrected chi connectivity index (χ2v) is 9.26. The van der Waals surface area contributed by atoms with E-state index in [-0.39, 0.29) is 167 Å². The van der Waals surface area contributed by atoms with Gasteiger partial charge >= 0.3 is 7.60 Å². The van der Waals surface area contributed by atoms with Crippen molar-refractivity contribution in [3.05, 3.63) is 60.2 Å². The van der Waals surface area contributed by atoms with E-state index >= 15 is 0 Å². The van der Waals surface area contributed by atoms with Crippen molar-refractivity contribution in [1.29, 1.82) is 0 Å². The molecule has 0 aliphatic carbocycles. The Labute approximate surface area is 293 Å². The van der Waals surface area contributed by atoms with Crippen molar-refractivity contribution >= 4 is 172 Å². The predicted octanol–water partition coefficient (Wildman–Crippen LogP) is 2.05. The Kier molecular flexibility index (Phi) is 19.0. The summed E-state index contributed by atoms with van der Waals surface area (Å²) in [6.07, 6.45) is 0.231. The Balaban J connectivity index is 0. The molecule has 0 spiro atoms. The summed E-state index contributed by atoms with van der Waals surface area (Å²) in [5, 5.41) is 0. The van der Waals surface area contributed by atoms with Crippen LogP contribution in [0.1, 0.15) is 18.4 Å². The van der Waals surface area contributed by atoms with E-state index in [1.807, 2.05) is 30.3 Å². The van der Waals surface area contributed by atoms with E-state index in [1.54, 1.807) is 24.3 Å². The molecule has 0 bridgehead atoms. The molecule has 3 radical (unpaired) electrons. The molecule has 0 unspecified atom stereocenters. The zero-order chi connectivity index (χ0) is 18.5. The van der Waals surface area contributed by atoms with E-state index < -0.39 is 22.7 Å². The van der Waals surface area contributed by atoms with Crippen molar-refractivity contribution in [1.82, 2.24) is 0 Å². The average molecular weight is 504 g/mol. The van der Waals surface area contributed by atoms with Crippen LogP contribution in [0.15, 0.2) is 54.6 Å². The van der Waals surface area contributed by atoms with Crippen LogP contribution in [0.4, 0.5) is 0 Å². The van der Waals surface area contributed by atoms with Crippen LogP contribution in [-0.2, 0) is 21.1 Å². The number of para-hydroxylation sites is 1. The van der Waals surface area contributed by atoms with E-state index in [4.69, 9.17) is 19.1 Å². The summed E-state index contributed by atoms with van der Waals surface area (Å²) >= 11 is 0. The largest absolute Gasteiger partial charge is 0.457 e. The maximum Gasteiger partial charge on any atom is 0.346 e. The first-order chi connectivity index (χ1) is 11.7. The molecule has 28 heavy (non-hydrogen) atoms. The molecule has 1 atom stereocenters. The quantitative estimate of drug-likeness (QED) is 0.286. The van der Waals surface area contributed by atoms with Crippen molar-refractivity contribution in [2.24, 2.45) is 0 Å². The van der Waals surface area contributed by atoms with Crippen LogP contribution < -0.4 is 4.74 Å². The first kappa shape index (κ1) is 33.4. The van der Waals surface area contributed by atoms with Gasteiger partial charge < -0.3 is 14.5 Å². The Bertz CT molecular complexity index is 860. The number of hydrogen-bond donors (Lipinski definition) is 3. The van der Waals surface area contributed by atoms with Gasteiger partial charge in [0, 0.05) is 154 Å². The molecule has 0 heterocycles. The molecule has 7 nitrogen and oxygen atoms in total. The minimum atomic E-state index is -4.94. The third kappa shape index (κ3) is 12.4. The summed E-state index contributed by atoms with van der Waals surface area (Å²) in [4.78, 5) is 16.0. The predicted molar refractivity (Wildman–Crippen MR) is 111 cm³/mol. The molecule has 0 fully saturated rings. The summed E-state index contributed by atoms with van der Waals surface area (Å²) in [6, 6.07) is 16.3.